The van der Waals surface area contributed by atoms with Crippen LogP contribution in [0.2, 0.25) is 0 Å². The highest BCUT2D eigenvalue weighted by molar-refractivity contribution is 5.13. The van der Waals surface area contributed by atoms with Crippen LogP contribution in [0.15, 0.2) is 42.7 Å². The van der Waals surface area contributed by atoms with Crippen molar-refractivity contribution < 1.29 is 9.47 Å². The van der Waals surface area contributed by atoms with Crippen molar-refractivity contribution in [1.82, 2.24) is 5.32 Å². The third-order valence-electron chi connectivity index (χ3n) is 2.77. The van der Waals surface area contributed by atoms with E-state index in [1.165, 1.54) is 5.56 Å². The lowest BCUT2D eigenvalue weighted by molar-refractivity contribution is -0.0166. The second kappa shape index (κ2) is 6.42. The Morgan fingerprint density at radius 3 is 3.00 bits per heavy atom. The number of nitrogens with one attached hydrogen (secondary N) is 1. The molecule has 1 unspecified atom stereocenters. The minimum absolute atomic E-state index is 0.139. The van der Waals surface area contributed by atoms with Crippen LogP contribution in [0.4, 0.5) is 0 Å². The van der Waals surface area contributed by atoms with Crippen molar-refractivity contribution in [2.75, 3.05) is 19.7 Å². The second-order valence-electron chi connectivity index (χ2n) is 4.23. The Kier molecular flexibility index (Phi) is 4.59. The SMILES string of the molecule is C=C1CNCCC(OCc2ccccc2)CO1. The fourth-order valence-electron chi connectivity index (χ4n) is 1.76. The molecule has 1 fully saturated rings. The summed E-state index contributed by atoms with van der Waals surface area (Å²) in [5, 5.41) is 3.26. The fourth-order valence-corrected chi connectivity index (χ4v) is 1.76. The summed E-state index contributed by atoms with van der Waals surface area (Å²) < 4.78 is 11.3. The zero-order chi connectivity index (χ0) is 11.9. The summed E-state index contributed by atoms with van der Waals surface area (Å²) in [5.41, 5.74) is 1.20. The van der Waals surface area contributed by atoms with Crippen molar-refractivity contribution in [3.8, 4) is 0 Å². The average molecular weight is 233 g/mol. The van der Waals surface area contributed by atoms with Crippen molar-refractivity contribution in [2.24, 2.45) is 0 Å². The van der Waals surface area contributed by atoms with Gasteiger partial charge >= 0.3 is 0 Å². The van der Waals surface area contributed by atoms with Gasteiger partial charge in [-0.15, -0.1) is 0 Å². The lowest BCUT2D eigenvalue weighted by atomic mass is 10.2. The predicted molar refractivity (Wildman–Crippen MR) is 67.6 cm³/mol. The van der Waals surface area contributed by atoms with Crippen LogP contribution in [0.5, 0.6) is 0 Å². The highest BCUT2D eigenvalue weighted by Crippen LogP contribution is 2.09. The first-order valence-corrected chi connectivity index (χ1v) is 6.01. The molecule has 0 amide bonds. The Morgan fingerprint density at radius 1 is 1.35 bits per heavy atom. The standard InChI is InChI=1S/C14H19NO2/c1-12-9-15-8-7-14(11-16-12)17-10-13-5-3-2-4-6-13/h2-6,14-15H,1,7-11H2. The van der Waals surface area contributed by atoms with Gasteiger partial charge in [-0.3, -0.25) is 0 Å². The quantitative estimate of drug-likeness (QED) is 0.867. The van der Waals surface area contributed by atoms with Crippen molar-refractivity contribution in [1.29, 1.82) is 0 Å². The summed E-state index contributed by atoms with van der Waals surface area (Å²) in [7, 11) is 0. The molecule has 0 saturated carbocycles. The van der Waals surface area contributed by atoms with E-state index in [0.717, 1.165) is 25.3 Å². The number of benzene rings is 1. The normalized spacial score (nSPS) is 21.4. The second-order valence-corrected chi connectivity index (χ2v) is 4.23. The molecule has 3 nitrogen and oxygen atoms in total. The molecule has 17 heavy (non-hydrogen) atoms. The molecule has 1 N–H and O–H groups in total. The molecule has 3 heteroatoms. The molecule has 1 aromatic rings. The summed E-state index contributed by atoms with van der Waals surface area (Å²) in [4.78, 5) is 0. The van der Waals surface area contributed by atoms with E-state index in [4.69, 9.17) is 9.47 Å². The molecular formula is C14H19NO2. The Morgan fingerprint density at radius 2 is 2.18 bits per heavy atom. The molecule has 1 aromatic carbocycles. The van der Waals surface area contributed by atoms with E-state index in [2.05, 4.69) is 24.0 Å². The van der Waals surface area contributed by atoms with Gasteiger partial charge < -0.3 is 14.8 Å². The van der Waals surface area contributed by atoms with E-state index in [9.17, 15) is 0 Å². The molecule has 1 atom stereocenters. The molecule has 1 saturated heterocycles. The van der Waals surface area contributed by atoms with Crippen molar-refractivity contribution in [2.45, 2.75) is 19.1 Å². The molecule has 1 aliphatic heterocycles. The molecule has 0 aromatic heterocycles. The van der Waals surface area contributed by atoms with Gasteiger partial charge in [0.1, 0.15) is 12.4 Å². The maximum absolute atomic E-state index is 5.85. The number of hydrogen-bond acceptors (Lipinski definition) is 3. The summed E-state index contributed by atoms with van der Waals surface area (Å²) in [6.07, 6.45) is 1.11. The summed E-state index contributed by atoms with van der Waals surface area (Å²) in [5.74, 6) is 0.790. The first-order chi connectivity index (χ1) is 8.34. The molecule has 0 radical (unpaired) electrons. The van der Waals surface area contributed by atoms with E-state index < -0.39 is 0 Å². The van der Waals surface area contributed by atoms with Gasteiger partial charge in [-0.25, -0.2) is 0 Å². The van der Waals surface area contributed by atoms with Gasteiger partial charge in [-0.1, -0.05) is 36.9 Å². The predicted octanol–water partition coefficient (Wildman–Crippen LogP) is 2.10. The van der Waals surface area contributed by atoms with E-state index in [-0.39, 0.29) is 6.10 Å². The van der Waals surface area contributed by atoms with E-state index >= 15 is 0 Å². The van der Waals surface area contributed by atoms with Crippen LogP contribution < -0.4 is 5.32 Å². The number of ether oxygens (including phenoxy) is 2. The summed E-state index contributed by atoms with van der Waals surface area (Å²) in [6, 6.07) is 10.2. The van der Waals surface area contributed by atoms with Crippen LogP contribution in [-0.2, 0) is 16.1 Å². The van der Waals surface area contributed by atoms with Crippen molar-refractivity contribution in [3.63, 3.8) is 0 Å². The minimum atomic E-state index is 0.139. The van der Waals surface area contributed by atoms with Gasteiger partial charge in [-0.05, 0) is 18.5 Å². The monoisotopic (exact) mass is 233 g/mol. The molecule has 0 aliphatic carbocycles. The molecule has 92 valence electrons. The van der Waals surface area contributed by atoms with E-state index in [0.29, 0.717) is 13.2 Å². The maximum atomic E-state index is 5.85. The molecule has 2 rings (SSSR count). The number of hydrogen-bond donors (Lipinski definition) is 1. The topological polar surface area (TPSA) is 30.5 Å². The van der Waals surface area contributed by atoms with Crippen LogP contribution in [-0.4, -0.2) is 25.8 Å². The minimum Gasteiger partial charge on any atom is -0.494 e. The first kappa shape index (κ1) is 12.1. The Bertz CT molecular complexity index is 350. The third kappa shape index (κ3) is 4.21. The summed E-state index contributed by atoms with van der Waals surface area (Å²) >= 11 is 0. The van der Waals surface area contributed by atoms with Crippen molar-refractivity contribution in [3.05, 3.63) is 48.2 Å². The van der Waals surface area contributed by atoms with E-state index in [1.54, 1.807) is 0 Å². The van der Waals surface area contributed by atoms with Gasteiger partial charge in [0, 0.05) is 0 Å². The van der Waals surface area contributed by atoms with Crippen LogP contribution >= 0.6 is 0 Å². The van der Waals surface area contributed by atoms with Gasteiger partial charge in [0.05, 0.1) is 19.3 Å². The maximum Gasteiger partial charge on any atom is 0.114 e. The molecule has 1 heterocycles. The third-order valence-corrected chi connectivity index (χ3v) is 2.77. The Balaban J connectivity index is 1.79. The largest absolute Gasteiger partial charge is 0.494 e. The smallest absolute Gasteiger partial charge is 0.114 e. The van der Waals surface area contributed by atoms with Gasteiger partial charge in [-0.2, -0.15) is 0 Å². The highest BCUT2D eigenvalue weighted by atomic mass is 16.5. The highest BCUT2D eigenvalue weighted by Gasteiger charge is 2.13. The molecular weight excluding hydrogens is 214 g/mol. The molecule has 0 spiro atoms. The van der Waals surface area contributed by atoms with Gasteiger partial charge in [0.25, 0.3) is 0 Å². The van der Waals surface area contributed by atoms with E-state index in [1.807, 2.05) is 18.2 Å². The van der Waals surface area contributed by atoms with Crippen molar-refractivity contribution >= 4 is 0 Å². The summed E-state index contributed by atoms with van der Waals surface area (Å²) in [6.45, 7) is 6.76. The van der Waals surface area contributed by atoms with Gasteiger partial charge in [0.15, 0.2) is 0 Å². The number of rotatable bonds is 3. The lowest BCUT2D eigenvalue weighted by Crippen LogP contribution is -2.31. The first-order valence-electron chi connectivity index (χ1n) is 6.01. The van der Waals surface area contributed by atoms with Crippen LogP contribution in [0.1, 0.15) is 12.0 Å². The Labute approximate surface area is 102 Å². The van der Waals surface area contributed by atoms with Gasteiger partial charge in [0.2, 0.25) is 0 Å². The van der Waals surface area contributed by atoms with Crippen LogP contribution in [0, 0.1) is 0 Å². The zero-order valence-corrected chi connectivity index (χ0v) is 10.0. The lowest BCUT2D eigenvalue weighted by Gasteiger charge is -2.22. The zero-order valence-electron chi connectivity index (χ0n) is 10.0. The average Bonchev–Trinajstić information content (AvgIpc) is 2.35. The van der Waals surface area contributed by atoms with Crippen LogP contribution in [0.3, 0.4) is 0 Å². The fraction of sp³-hybridized carbons (Fsp3) is 0.429. The molecule has 1 aliphatic rings. The molecule has 0 bridgehead atoms. The Hall–Kier alpha value is -1.32. The van der Waals surface area contributed by atoms with Crippen LogP contribution in [0.25, 0.3) is 0 Å².